The third kappa shape index (κ3) is 3.60. The highest BCUT2D eigenvalue weighted by molar-refractivity contribution is 5.93. The van der Waals surface area contributed by atoms with E-state index in [9.17, 15) is 4.79 Å². The number of hydrogen-bond donors (Lipinski definition) is 1. The Morgan fingerprint density at radius 2 is 1.79 bits per heavy atom. The first-order valence-electron chi connectivity index (χ1n) is 9.59. The van der Waals surface area contributed by atoms with Gasteiger partial charge in [0.2, 0.25) is 11.9 Å². The van der Waals surface area contributed by atoms with Crippen LogP contribution < -0.4 is 10.2 Å². The smallest absolute Gasteiger partial charge is 0.250 e. The standard InChI is InChI=1S/C21H24N6O/c1-15-7-6-10-19(16(15)2)22-20(28)17-11-13-26(14-12-17)21-23-24-25-27(21)18-8-4-3-5-9-18/h3-10,17H,11-14H2,1-2H3,(H,22,28). The van der Waals surface area contributed by atoms with Gasteiger partial charge in [0.05, 0.1) is 5.69 Å². The molecule has 1 aromatic heterocycles. The van der Waals surface area contributed by atoms with Gasteiger partial charge in [-0.05, 0) is 66.4 Å². The number of tetrazole rings is 1. The molecule has 0 spiro atoms. The van der Waals surface area contributed by atoms with E-state index >= 15 is 0 Å². The van der Waals surface area contributed by atoms with Crippen molar-refractivity contribution in [1.82, 2.24) is 20.2 Å². The highest BCUT2D eigenvalue weighted by atomic mass is 16.1. The van der Waals surface area contributed by atoms with Crippen LogP contribution in [0.4, 0.5) is 11.6 Å². The minimum absolute atomic E-state index is 0.00258. The van der Waals surface area contributed by atoms with Gasteiger partial charge in [0.15, 0.2) is 0 Å². The molecule has 28 heavy (non-hydrogen) atoms. The molecule has 1 saturated heterocycles. The Labute approximate surface area is 164 Å². The molecule has 7 nitrogen and oxygen atoms in total. The SMILES string of the molecule is Cc1cccc(NC(=O)C2CCN(c3nnnn3-c3ccccc3)CC2)c1C. The molecular weight excluding hydrogens is 352 g/mol. The van der Waals surface area contributed by atoms with Gasteiger partial charge in [0, 0.05) is 24.7 Å². The number of piperidine rings is 1. The molecule has 2 heterocycles. The number of nitrogens with zero attached hydrogens (tertiary/aromatic N) is 5. The molecule has 1 aliphatic rings. The van der Waals surface area contributed by atoms with Crippen molar-refractivity contribution >= 4 is 17.5 Å². The summed E-state index contributed by atoms with van der Waals surface area (Å²) in [6.07, 6.45) is 1.55. The Morgan fingerprint density at radius 3 is 2.54 bits per heavy atom. The van der Waals surface area contributed by atoms with Crippen molar-refractivity contribution < 1.29 is 4.79 Å². The number of benzene rings is 2. The first-order chi connectivity index (χ1) is 13.6. The van der Waals surface area contributed by atoms with E-state index in [1.54, 1.807) is 4.68 Å². The van der Waals surface area contributed by atoms with Crippen molar-refractivity contribution in [3.8, 4) is 5.69 Å². The highest BCUT2D eigenvalue weighted by Crippen LogP contribution is 2.25. The molecular formula is C21H24N6O. The number of amides is 1. The lowest BCUT2D eigenvalue weighted by Crippen LogP contribution is -2.39. The zero-order valence-electron chi connectivity index (χ0n) is 16.2. The zero-order chi connectivity index (χ0) is 19.5. The highest BCUT2D eigenvalue weighted by Gasteiger charge is 2.28. The molecule has 0 radical (unpaired) electrons. The van der Waals surface area contributed by atoms with Crippen molar-refractivity contribution in [1.29, 1.82) is 0 Å². The number of aryl methyl sites for hydroxylation is 1. The van der Waals surface area contributed by atoms with Crippen LogP contribution in [0.1, 0.15) is 24.0 Å². The molecule has 0 unspecified atom stereocenters. The Kier molecular flexibility index (Phi) is 5.06. The lowest BCUT2D eigenvalue weighted by molar-refractivity contribution is -0.120. The Bertz CT molecular complexity index is 960. The topological polar surface area (TPSA) is 75.9 Å². The number of carbonyl (C=O) groups excluding carboxylic acids is 1. The minimum Gasteiger partial charge on any atom is -0.339 e. The van der Waals surface area contributed by atoms with Gasteiger partial charge in [0.1, 0.15) is 0 Å². The van der Waals surface area contributed by atoms with Gasteiger partial charge in [-0.25, -0.2) is 0 Å². The van der Waals surface area contributed by atoms with Crippen LogP contribution in [0.15, 0.2) is 48.5 Å². The van der Waals surface area contributed by atoms with Crippen LogP contribution in [-0.4, -0.2) is 39.2 Å². The minimum atomic E-state index is -0.00258. The first kappa shape index (κ1) is 18.2. The molecule has 7 heteroatoms. The summed E-state index contributed by atoms with van der Waals surface area (Å²) in [7, 11) is 0. The molecule has 3 aromatic rings. The molecule has 0 bridgehead atoms. The average Bonchev–Trinajstić information content (AvgIpc) is 3.22. The molecule has 0 saturated carbocycles. The molecule has 1 aliphatic heterocycles. The van der Waals surface area contributed by atoms with Crippen LogP contribution >= 0.6 is 0 Å². The third-order valence-electron chi connectivity index (χ3n) is 5.46. The van der Waals surface area contributed by atoms with Crippen LogP contribution in [0.2, 0.25) is 0 Å². The summed E-state index contributed by atoms with van der Waals surface area (Å²) in [5.41, 5.74) is 4.13. The van der Waals surface area contributed by atoms with Gasteiger partial charge in [-0.15, -0.1) is 0 Å². The summed E-state index contributed by atoms with van der Waals surface area (Å²) >= 11 is 0. The summed E-state index contributed by atoms with van der Waals surface area (Å²) in [6.45, 7) is 5.59. The number of hydrogen-bond acceptors (Lipinski definition) is 5. The van der Waals surface area contributed by atoms with E-state index in [0.717, 1.165) is 48.8 Å². The molecule has 1 fully saturated rings. The quantitative estimate of drug-likeness (QED) is 0.757. The third-order valence-corrected chi connectivity index (χ3v) is 5.46. The van der Waals surface area contributed by atoms with E-state index in [-0.39, 0.29) is 11.8 Å². The fraction of sp³-hybridized carbons (Fsp3) is 0.333. The summed E-state index contributed by atoms with van der Waals surface area (Å²) < 4.78 is 1.75. The predicted octanol–water partition coefficient (Wildman–Crippen LogP) is 3.13. The second-order valence-corrected chi connectivity index (χ2v) is 7.22. The van der Waals surface area contributed by atoms with Gasteiger partial charge < -0.3 is 10.2 Å². The van der Waals surface area contributed by atoms with Gasteiger partial charge in [-0.3, -0.25) is 4.79 Å². The first-order valence-corrected chi connectivity index (χ1v) is 9.59. The fourth-order valence-electron chi connectivity index (χ4n) is 3.58. The molecule has 0 aliphatic carbocycles. The van der Waals surface area contributed by atoms with Crippen molar-refractivity contribution in [2.45, 2.75) is 26.7 Å². The van der Waals surface area contributed by atoms with E-state index in [2.05, 4.69) is 38.7 Å². The Morgan fingerprint density at radius 1 is 1.04 bits per heavy atom. The van der Waals surface area contributed by atoms with E-state index in [1.165, 1.54) is 5.56 Å². The summed E-state index contributed by atoms with van der Waals surface area (Å²) in [5, 5.41) is 15.3. The number of rotatable bonds is 4. The van der Waals surface area contributed by atoms with Gasteiger partial charge in [-0.1, -0.05) is 35.4 Å². The van der Waals surface area contributed by atoms with Crippen molar-refractivity contribution in [3.05, 3.63) is 59.7 Å². The van der Waals surface area contributed by atoms with Crippen LogP contribution in [0.5, 0.6) is 0 Å². The number of aromatic nitrogens is 4. The molecule has 1 amide bonds. The molecule has 1 N–H and O–H groups in total. The van der Waals surface area contributed by atoms with E-state index < -0.39 is 0 Å². The summed E-state index contributed by atoms with van der Waals surface area (Å²) in [6, 6.07) is 15.8. The lowest BCUT2D eigenvalue weighted by atomic mass is 9.95. The molecule has 2 aromatic carbocycles. The van der Waals surface area contributed by atoms with E-state index in [0.29, 0.717) is 0 Å². The van der Waals surface area contributed by atoms with E-state index in [1.807, 2.05) is 49.4 Å². The summed E-state index contributed by atoms with van der Waals surface area (Å²) in [4.78, 5) is 14.9. The van der Waals surface area contributed by atoms with E-state index in [4.69, 9.17) is 0 Å². The number of para-hydroxylation sites is 1. The lowest BCUT2D eigenvalue weighted by Gasteiger charge is -2.31. The van der Waals surface area contributed by atoms with Crippen molar-refractivity contribution in [2.75, 3.05) is 23.3 Å². The van der Waals surface area contributed by atoms with Crippen molar-refractivity contribution in [3.63, 3.8) is 0 Å². The zero-order valence-corrected chi connectivity index (χ0v) is 16.2. The van der Waals surface area contributed by atoms with Crippen LogP contribution in [0, 0.1) is 19.8 Å². The maximum atomic E-state index is 12.7. The Hall–Kier alpha value is -3.22. The maximum Gasteiger partial charge on any atom is 0.250 e. The number of carbonyl (C=O) groups is 1. The Balaban J connectivity index is 1.41. The number of anilines is 2. The fourth-order valence-corrected chi connectivity index (χ4v) is 3.58. The van der Waals surface area contributed by atoms with Crippen LogP contribution in [0.3, 0.4) is 0 Å². The average molecular weight is 376 g/mol. The molecule has 144 valence electrons. The monoisotopic (exact) mass is 376 g/mol. The summed E-state index contributed by atoms with van der Waals surface area (Å²) in [5.74, 6) is 0.813. The van der Waals surface area contributed by atoms with Crippen LogP contribution in [0.25, 0.3) is 5.69 Å². The second kappa shape index (κ2) is 7.80. The molecule has 0 atom stereocenters. The number of nitrogens with one attached hydrogen (secondary N) is 1. The molecule has 4 rings (SSSR count). The van der Waals surface area contributed by atoms with Crippen LogP contribution in [-0.2, 0) is 4.79 Å². The maximum absolute atomic E-state index is 12.7. The van der Waals surface area contributed by atoms with Crippen molar-refractivity contribution in [2.24, 2.45) is 5.92 Å². The van der Waals surface area contributed by atoms with Gasteiger partial charge in [0.25, 0.3) is 0 Å². The normalized spacial score (nSPS) is 14.9. The predicted molar refractivity (Wildman–Crippen MR) is 109 cm³/mol. The van der Waals surface area contributed by atoms with Gasteiger partial charge in [-0.2, -0.15) is 4.68 Å². The second-order valence-electron chi connectivity index (χ2n) is 7.22. The largest absolute Gasteiger partial charge is 0.339 e. The van der Waals surface area contributed by atoms with Gasteiger partial charge >= 0.3 is 0 Å².